The molecular weight excluding hydrogens is 409 g/mol. The monoisotopic (exact) mass is 428 g/mol. The van der Waals surface area contributed by atoms with E-state index in [0.717, 1.165) is 23.0 Å². The van der Waals surface area contributed by atoms with Gasteiger partial charge in [0.25, 0.3) is 0 Å². The van der Waals surface area contributed by atoms with Gasteiger partial charge in [-0.25, -0.2) is 4.68 Å². The first kappa shape index (κ1) is 20.5. The Labute approximate surface area is 176 Å². The average molecular weight is 428 g/mol. The lowest BCUT2D eigenvalue weighted by Crippen LogP contribution is -2.44. The number of thioether (sulfide) groups is 1. The second kappa shape index (κ2) is 7.81. The summed E-state index contributed by atoms with van der Waals surface area (Å²) in [5.74, 6) is -0.542. The van der Waals surface area contributed by atoms with Crippen LogP contribution >= 0.6 is 11.8 Å². The molecule has 1 atom stereocenters. The van der Waals surface area contributed by atoms with Gasteiger partial charge in [0.05, 0.1) is 17.4 Å². The van der Waals surface area contributed by atoms with E-state index in [2.05, 4.69) is 5.10 Å². The quantitative estimate of drug-likeness (QED) is 0.404. The molecule has 154 valence electrons. The third-order valence-corrected chi connectivity index (χ3v) is 6.38. The van der Waals surface area contributed by atoms with Crippen molar-refractivity contribution in [2.24, 2.45) is 0 Å². The number of para-hydroxylation sites is 1. The van der Waals surface area contributed by atoms with E-state index in [-0.39, 0.29) is 5.56 Å². The van der Waals surface area contributed by atoms with Gasteiger partial charge in [-0.1, -0.05) is 42.5 Å². The van der Waals surface area contributed by atoms with Crippen molar-refractivity contribution in [1.82, 2.24) is 9.78 Å². The van der Waals surface area contributed by atoms with Gasteiger partial charge < -0.3 is 5.11 Å². The first-order chi connectivity index (χ1) is 14.3. The number of halogens is 3. The minimum Gasteiger partial charge on any atom is -0.376 e. The van der Waals surface area contributed by atoms with Crippen LogP contribution in [-0.4, -0.2) is 26.8 Å². The zero-order valence-corrected chi connectivity index (χ0v) is 16.9. The molecule has 0 saturated heterocycles. The lowest BCUT2D eigenvalue weighted by Gasteiger charge is -2.31. The fourth-order valence-electron chi connectivity index (χ4n) is 3.29. The van der Waals surface area contributed by atoms with Crippen LogP contribution in [0.4, 0.5) is 13.2 Å². The Balaban J connectivity index is 1.71. The second-order valence-corrected chi connectivity index (χ2v) is 8.09. The zero-order valence-electron chi connectivity index (χ0n) is 16.1. The average Bonchev–Trinajstić information content (AvgIpc) is 3.16. The summed E-state index contributed by atoms with van der Waals surface area (Å²) < 4.78 is 43.6. The van der Waals surface area contributed by atoms with E-state index >= 15 is 0 Å². The number of alkyl halides is 3. The van der Waals surface area contributed by atoms with Gasteiger partial charge in [-0.05, 0) is 48.4 Å². The van der Waals surface area contributed by atoms with Crippen molar-refractivity contribution in [1.29, 1.82) is 0 Å². The summed E-state index contributed by atoms with van der Waals surface area (Å²) >= 11 is 0.992. The van der Waals surface area contributed by atoms with Crippen LogP contribution in [0.2, 0.25) is 0 Å². The van der Waals surface area contributed by atoms with Crippen molar-refractivity contribution in [3.8, 4) is 5.69 Å². The van der Waals surface area contributed by atoms with Gasteiger partial charge in [0.1, 0.15) is 0 Å². The van der Waals surface area contributed by atoms with Crippen LogP contribution in [0, 0.1) is 6.92 Å². The van der Waals surface area contributed by atoms with Crippen LogP contribution in [0.25, 0.3) is 16.6 Å². The van der Waals surface area contributed by atoms with Crippen molar-refractivity contribution < 1.29 is 18.3 Å². The normalized spacial score (nSPS) is 14.0. The molecule has 4 rings (SSSR count). The molecule has 7 heteroatoms. The molecule has 3 nitrogen and oxygen atoms in total. The molecule has 0 aliphatic heterocycles. The highest BCUT2D eigenvalue weighted by atomic mass is 32.2. The molecular formula is C23H19F3N2OS. The highest BCUT2D eigenvalue weighted by Gasteiger charge is 2.55. The zero-order chi connectivity index (χ0) is 21.4. The van der Waals surface area contributed by atoms with E-state index in [9.17, 15) is 18.3 Å². The van der Waals surface area contributed by atoms with E-state index in [1.165, 1.54) is 18.3 Å². The molecule has 0 aliphatic carbocycles. The van der Waals surface area contributed by atoms with Gasteiger partial charge in [0.2, 0.25) is 0 Å². The fraction of sp³-hybridized carbons (Fsp3) is 0.174. The van der Waals surface area contributed by atoms with Gasteiger partial charge in [-0.3, -0.25) is 0 Å². The van der Waals surface area contributed by atoms with Gasteiger partial charge in [0, 0.05) is 16.0 Å². The van der Waals surface area contributed by atoms with E-state index in [1.807, 2.05) is 49.4 Å². The number of hydrogen-bond acceptors (Lipinski definition) is 3. The summed E-state index contributed by atoms with van der Waals surface area (Å²) in [5.41, 5.74) is -0.839. The summed E-state index contributed by atoms with van der Waals surface area (Å²) in [6, 6.07) is 20.8. The fourth-order valence-corrected chi connectivity index (χ4v) is 4.46. The molecule has 1 unspecified atom stereocenters. The number of benzene rings is 3. The van der Waals surface area contributed by atoms with Crippen molar-refractivity contribution in [2.75, 3.05) is 5.75 Å². The molecule has 0 amide bonds. The maximum absolute atomic E-state index is 14.0. The van der Waals surface area contributed by atoms with Crippen LogP contribution in [0.5, 0.6) is 0 Å². The lowest BCUT2D eigenvalue weighted by atomic mass is 9.94. The molecule has 3 aromatic carbocycles. The summed E-state index contributed by atoms with van der Waals surface area (Å²) in [7, 11) is 0. The van der Waals surface area contributed by atoms with E-state index in [4.69, 9.17) is 0 Å². The van der Waals surface area contributed by atoms with Gasteiger partial charge >= 0.3 is 6.18 Å². The highest BCUT2D eigenvalue weighted by Crippen LogP contribution is 2.43. The standard InChI is InChI=1S/C23H19F3N2OS/c1-16-7-5-6-10-21(16)30-15-22(29,23(24,25)26)18-11-12-20-17(13-18)14-27-28(20)19-8-3-2-4-9-19/h2-14,29H,15H2,1H3. The summed E-state index contributed by atoms with van der Waals surface area (Å²) in [4.78, 5) is 0.707. The third-order valence-electron chi connectivity index (χ3n) is 5.05. The van der Waals surface area contributed by atoms with E-state index < -0.39 is 17.5 Å². The number of aromatic nitrogens is 2. The highest BCUT2D eigenvalue weighted by molar-refractivity contribution is 7.99. The molecule has 30 heavy (non-hydrogen) atoms. The summed E-state index contributed by atoms with van der Waals surface area (Å²) in [6.45, 7) is 1.83. The largest absolute Gasteiger partial charge is 0.422 e. The molecule has 1 N–H and O–H groups in total. The van der Waals surface area contributed by atoms with Gasteiger partial charge in [0.15, 0.2) is 5.60 Å². The number of rotatable bonds is 5. The van der Waals surface area contributed by atoms with Crippen LogP contribution < -0.4 is 0 Å². The Bertz CT molecular complexity index is 1170. The van der Waals surface area contributed by atoms with Crippen molar-refractivity contribution >= 4 is 22.7 Å². The molecule has 0 fully saturated rings. The summed E-state index contributed by atoms with van der Waals surface area (Å²) in [6.07, 6.45) is -3.32. The van der Waals surface area contributed by atoms with Gasteiger partial charge in [-0.2, -0.15) is 18.3 Å². The smallest absolute Gasteiger partial charge is 0.376 e. The Hall–Kier alpha value is -2.77. The summed E-state index contributed by atoms with van der Waals surface area (Å²) in [5, 5.41) is 15.6. The topological polar surface area (TPSA) is 38.1 Å². The van der Waals surface area contributed by atoms with Crippen molar-refractivity contribution in [3.63, 3.8) is 0 Å². The Morgan fingerprint density at radius 3 is 2.37 bits per heavy atom. The molecule has 0 spiro atoms. The second-order valence-electron chi connectivity index (χ2n) is 7.08. The van der Waals surface area contributed by atoms with E-state index in [1.54, 1.807) is 22.9 Å². The first-order valence-corrected chi connectivity index (χ1v) is 10.3. The van der Waals surface area contributed by atoms with Crippen molar-refractivity contribution in [2.45, 2.75) is 23.6 Å². The molecule has 0 aliphatic rings. The predicted octanol–water partition coefficient (Wildman–Crippen LogP) is 5.88. The van der Waals surface area contributed by atoms with Crippen LogP contribution in [0.15, 0.2) is 83.9 Å². The maximum atomic E-state index is 14.0. The SMILES string of the molecule is Cc1ccccc1SCC(O)(c1ccc2c(cnn2-c2ccccc2)c1)C(F)(F)F. The van der Waals surface area contributed by atoms with Crippen LogP contribution in [0.3, 0.4) is 0 Å². The lowest BCUT2D eigenvalue weighted by molar-refractivity contribution is -0.256. The van der Waals surface area contributed by atoms with Crippen molar-refractivity contribution in [3.05, 3.63) is 90.1 Å². The number of fused-ring (bicyclic) bond motifs is 1. The third kappa shape index (κ3) is 3.70. The Kier molecular flexibility index (Phi) is 5.34. The molecule has 4 aromatic rings. The number of aryl methyl sites for hydroxylation is 1. The predicted molar refractivity (Wildman–Crippen MR) is 113 cm³/mol. The number of hydrogen-bond donors (Lipinski definition) is 1. The number of nitrogens with zero attached hydrogens (tertiary/aromatic N) is 2. The molecule has 0 bridgehead atoms. The van der Waals surface area contributed by atoms with E-state index in [0.29, 0.717) is 15.8 Å². The first-order valence-electron chi connectivity index (χ1n) is 9.31. The molecule has 0 radical (unpaired) electrons. The minimum atomic E-state index is -4.83. The Morgan fingerprint density at radius 1 is 0.967 bits per heavy atom. The minimum absolute atomic E-state index is 0.198. The maximum Gasteiger partial charge on any atom is 0.422 e. The van der Waals surface area contributed by atoms with Gasteiger partial charge in [-0.15, -0.1) is 11.8 Å². The molecule has 0 saturated carbocycles. The van der Waals surface area contributed by atoms with Crippen LogP contribution in [-0.2, 0) is 5.60 Å². The van der Waals surface area contributed by atoms with Crippen LogP contribution in [0.1, 0.15) is 11.1 Å². The molecule has 1 aromatic heterocycles. The Morgan fingerprint density at radius 2 is 1.67 bits per heavy atom. The number of aliphatic hydroxyl groups is 1. The molecule has 1 heterocycles.